The second kappa shape index (κ2) is 16.6. The molecule has 0 radical (unpaired) electrons. The molecule has 8 bridgehead atoms. The van der Waals surface area contributed by atoms with Gasteiger partial charge in [-0.2, -0.15) is 0 Å². The standard InChI is InChI=1S/C60H60Br2N4/c1-57(2,3)39-29-37(30-40(33-39)58(4,5)6)55-49-25-23-47(64-49)53(35-13-17-43(61)18-14-35)45-21-22-46(63-45)54(36-15-19-44(62)20-16-36)48-24-26-50(65-48)56(52-28-27-51(55)66-52)38-31-41(59(7,8)9)34-42(32-38)60(10,11)12/h13-34,63,66H,1-12H3. The third-order valence-corrected chi connectivity index (χ3v) is 14.0. The van der Waals surface area contributed by atoms with Crippen LogP contribution >= 0.6 is 31.9 Å². The van der Waals surface area contributed by atoms with Gasteiger partial charge in [-0.05, 0) is 139 Å². The fourth-order valence-electron chi connectivity index (χ4n) is 8.93. The van der Waals surface area contributed by atoms with Gasteiger partial charge in [-0.15, -0.1) is 0 Å². The highest BCUT2D eigenvalue weighted by molar-refractivity contribution is 9.10. The van der Waals surface area contributed by atoms with Crippen molar-refractivity contribution < 1.29 is 0 Å². The molecule has 0 atom stereocenters. The topological polar surface area (TPSA) is 57.4 Å². The first-order valence-electron chi connectivity index (χ1n) is 23.0. The second-order valence-corrected chi connectivity index (χ2v) is 23.9. The zero-order chi connectivity index (χ0) is 47.1. The van der Waals surface area contributed by atoms with Crippen molar-refractivity contribution >= 4 is 78.2 Å². The lowest BCUT2D eigenvalue weighted by Gasteiger charge is -2.26. The first-order chi connectivity index (χ1) is 31.0. The van der Waals surface area contributed by atoms with E-state index >= 15 is 0 Å². The van der Waals surface area contributed by atoms with Crippen LogP contribution in [0.5, 0.6) is 0 Å². The molecule has 7 aromatic rings. The van der Waals surface area contributed by atoms with Crippen molar-refractivity contribution in [3.8, 4) is 44.5 Å². The maximum Gasteiger partial charge on any atom is 0.0737 e. The molecule has 2 aliphatic heterocycles. The molecular weight excluding hydrogens is 936 g/mol. The summed E-state index contributed by atoms with van der Waals surface area (Å²) in [4.78, 5) is 19.2. The minimum absolute atomic E-state index is 0.0781. The molecule has 2 aliphatic rings. The summed E-state index contributed by atoms with van der Waals surface area (Å²) in [6, 6.07) is 40.2. The van der Waals surface area contributed by atoms with E-state index in [4.69, 9.17) is 9.97 Å². The summed E-state index contributed by atoms with van der Waals surface area (Å²) in [6.07, 6.45) is 8.76. The smallest absolute Gasteiger partial charge is 0.0737 e. The van der Waals surface area contributed by atoms with Gasteiger partial charge in [0.05, 0.1) is 22.8 Å². The van der Waals surface area contributed by atoms with Crippen LogP contribution in [0, 0.1) is 0 Å². The summed E-state index contributed by atoms with van der Waals surface area (Å²) in [5.74, 6) is 0. The van der Waals surface area contributed by atoms with Crippen molar-refractivity contribution in [2.24, 2.45) is 0 Å². The van der Waals surface area contributed by atoms with Crippen LogP contribution in [0.15, 0.2) is 118 Å². The molecule has 3 aromatic heterocycles. The second-order valence-electron chi connectivity index (χ2n) is 22.1. The Morgan fingerprint density at radius 1 is 0.318 bits per heavy atom. The number of rotatable bonds is 4. The molecular formula is C60H60Br2N4. The van der Waals surface area contributed by atoms with Gasteiger partial charge in [0, 0.05) is 53.3 Å². The van der Waals surface area contributed by atoms with E-state index in [1.54, 1.807) is 0 Å². The third kappa shape index (κ3) is 8.99. The van der Waals surface area contributed by atoms with Crippen molar-refractivity contribution in [2.45, 2.75) is 105 Å². The molecule has 2 N–H and O–H groups in total. The molecule has 4 aromatic carbocycles. The number of nitrogens with zero attached hydrogens (tertiary/aromatic N) is 2. The van der Waals surface area contributed by atoms with Crippen LogP contribution in [0.1, 0.15) is 128 Å². The Bertz CT molecular complexity index is 2990. The van der Waals surface area contributed by atoms with Gasteiger partial charge in [-0.1, -0.05) is 176 Å². The SMILES string of the molecule is CC(C)(C)c1cc(-c2c3nc(c(-c4ccc(Br)cc4)c4ccc([nH]4)c(-c4ccc(Br)cc4)c4nc(c(-c5cc(C(C)(C)C)cc(C(C)(C)C)c5)c5ccc2[nH]5)C=C4)C=C3)cc(C(C)(C)C)c1. The summed E-state index contributed by atoms with van der Waals surface area (Å²) in [5, 5.41) is 0. The first kappa shape index (κ1) is 45.6. The lowest BCUT2D eigenvalue weighted by atomic mass is 9.79. The van der Waals surface area contributed by atoms with E-state index in [-0.39, 0.29) is 21.7 Å². The maximum atomic E-state index is 5.62. The molecule has 5 heterocycles. The van der Waals surface area contributed by atoms with Gasteiger partial charge in [-0.25, -0.2) is 9.97 Å². The Hall–Kier alpha value is -5.56. The minimum atomic E-state index is -0.0781. The molecule has 0 saturated heterocycles. The van der Waals surface area contributed by atoms with Gasteiger partial charge in [0.1, 0.15) is 0 Å². The Labute approximate surface area is 408 Å². The number of H-pyrrole nitrogens is 2. The van der Waals surface area contributed by atoms with E-state index in [2.05, 4.69) is 258 Å². The molecule has 4 nitrogen and oxygen atoms in total. The van der Waals surface area contributed by atoms with Crippen LogP contribution in [0.4, 0.5) is 0 Å². The number of aromatic nitrogens is 4. The van der Waals surface area contributed by atoms with E-state index in [9.17, 15) is 0 Å². The van der Waals surface area contributed by atoms with E-state index in [0.717, 1.165) is 98.3 Å². The third-order valence-electron chi connectivity index (χ3n) is 12.9. The number of halogens is 2. The summed E-state index contributed by atoms with van der Waals surface area (Å²) >= 11 is 7.38. The predicted octanol–water partition coefficient (Wildman–Crippen LogP) is 18.0. The van der Waals surface area contributed by atoms with Crippen LogP contribution in [0.2, 0.25) is 0 Å². The number of aromatic amines is 2. The summed E-state index contributed by atoms with van der Waals surface area (Å²) in [6.45, 7) is 27.6. The van der Waals surface area contributed by atoms with Crippen LogP contribution in [0.25, 0.3) is 90.9 Å². The van der Waals surface area contributed by atoms with E-state index in [1.807, 2.05) is 0 Å². The molecule has 6 heteroatoms. The van der Waals surface area contributed by atoms with Crippen molar-refractivity contribution in [1.82, 2.24) is 19.9 Å². The molecule has 0 unspecified atom stereocenters. The van der Waals surface area contributed by atoms with Crippen molar-refractivity contribution in [3.63, 3.8) is 0 Å². The van der Waals surface area contributed by atoms with Crippen molar-refractivity contribution in [2.75, 3.05) is 0 Å². The van der Waals surface area contributed by atoms with Crippen molar-refractivity contribution in [3.05, 3.63) is 163 Å². The van der Waals surface area contributed by atoms with Gasteiger partial charge in [-0.3, -0.25) is 0 Å². The van der Waals surface area contributed by atoms with Gasteiger partial charge < -0.3 is 9.97 Å². The zero-order valence-corrected chi connectivity index (χ0v) is 43.5. The average molecular weight is 997 g/mol. The molecule has 0 saturated carbocycles. The van der Waals surface area contributed by atoms with Crippen LogP contribution in [-0.2, 0) is 21.7 Å². The lowest BCUT2D eigenvalue weighted by Crippen LogP contribution is -2.16. The van der Waals surface area contributed by atoms with E-state index in [0.29, 0.717) is 0 Å². The number of hydrogen-bond acceptors (Lipinski definition) is 2. The first-order valence-corrected chi connectivity index (χ1v) is 24.6. The Morgan fingerprint density at radius 2 is 0.561 bits per heavy atom. The zero-order valence-electron chi connectivity index (χ0n) is 40.4. The molecule has 9 rings (SSSR count). The molecule has 0 fully saturated rings. The average Bonchev–Trinajstić information content (AvgIpc) is 4.09. The van der Waals surface area contributed by atoms with Crippen LogP contribution in [-0.4, -0.2) is 19.9 Å². The highest BCUT2D eigenvalue weighted by atomic mass is 79.9. The maximum absolute atomic E-state index is 5.62. The number of hydrogen-bond donors (Lipinski definition) is 2. The normalized spacial score (nSPS) is 13.2. The molecule has 0 spiro atoms. The quantitative estimate of drug-likeness (QED) is 0.185. The van der Waals surface area contributed by atoms with Crippen LogP contribution in [0.3, 0.4) is 0 Å². The Kier molecular flexibility index (Phi) is 11.5. The lowest BCUT2D eigenvalue weighted by molar-refractivity contribution is 0.568. The predicted molar refractivity (Wildman–Crippen MR) is 291 cm³/mol. The largest absolute Gasteiger partial charge is 0.354 e. The number of nitrogens with one attached hydrogen (secondary N) is 2. The van der Waals surface area contributed by atoms with Crippen molar-refractivity contribution in [1.29, 1.82) is 0 Å². The Morgan fingerprint density at radius 3 is 0.803 bits per heavy atom. The highest BCUT2D eigenvalue weighted by Gasteiger charge is 2.26. The Balaban J connectivity index is 1.50. The summed E-state index contributed by atoms with van der Waals surface area (Å²) < 4.78 is 2.05. The molecule has 0 aliphatic carbocycles. The number of benzene rings is 4. The molecule has 334 valence electrons. The summed E-state index contributed by atoms with van der Waals surface area (Å²) in [7, 11) is 0. The van der Waals surface area contributed by atoms with Crippen LogP contribution < -0.4 is 0 Å². The molecule has 0 amide bonds. The summed E-state index contributed by atoms with van der Waals surface area (Å²) in [5.41, 5.74) is 20.9. The van der Waals surface area contributed by atoms with Gasteiger partial charge in [0.15, 0.2) is 0 Å². The fourth-order valence-corrected chi connectivity index (χ4v) is 9.46. The monoisotopic (exact) mass is 994 g/mol. The van der Waals surface area contributed by atoms with Gasteiger partial charge >= 0.3 is 0 Å². The fraction of sp³-hybridized carbons (Fsp3) is 0.267. The molecule has 66 heavy (non-hydrogen) atoms. The van der Waals surface area contributed by atoms with Gasteiger partial charge in [0.25, 0.3) is 0 Å². The minimum Gasteiger partial charge on any atom is -0.354 e. The van der Waals surface area contributed by atoms with Gasteiger partial charge in [0.2, 0.25) is 0 Å². The highest BCUT2D eigenvalue weighted by Crippen LogP contribution is 2.42. The number of fused-ring (bicyclic) bond motifs is 8. The van der Waals surface area contributed by atoms with E-state index < -0.39 is 0 Å². The van der Waals surface area contributed by atoms with E-state index in [1.165, 1.54) is 22.3 Å².